The summed E-state index contributed by atoms with van der Waals surface area (Å²) in [5.41, 5.74) is -0.0214. The fourth-order valence-corrected chi connectivity index (χ4v) is 1.90. The molecule has 0 radical (unpaired) electrons. The summed E-state index contributed by atoms with van der Waals surface area (Å²) in [6.07, 6.45) is 2.65. The maximum Gasteiger partial charge on any atom is 0.292 e. The monoisotopic (exact) mass is 253 g/mol. The molecular formula is C9H5N2O5S-. The van der Waals surface area contributed by atoms with Crippen LogP contribution in [0.2, 0.25) is 0 Å². The molecule has 1 rings (SSSR count). The van der Waals surface area contributed by atoms with Crippen molar-refractivity contribution in [3.8, 4) is 24.0 Å². The van der Waals surface area contributed by atoms with Gasteiger partial charge in [-0.25, -0.2) is 8.42 Å². The van der Waals surface area contributed by atoms with Crippen LogP contribution in [-0.4, -0.2) is 13.0 Å². The van der Waals surface area contributed by atoms with Gasteiger partial charge in [0.25, 0.3) is 12.5 Å². The van der Waals surface area contributed by atoms with E-state index in [9.17, 15) is 13.0 Å². The molecule has 0 N–H and O–H groups in total. The zero-order valence-corrected chi connectivity index (χ0v) is 9.32. The third-order valence-electron chi connectivity index (χ3n) is 1.87. The van der Waals surface area contributed by atoms with Gasteiger partial charge in [0.15, 0.2) is 0 Å². The van der Waals surface area contributed by atoms with Crippen LogP contribution in [0.4, 0.5) is 0 Å². The lowest BCUT2D eigenvalue weighted by atomic mass is 10.2. The predicted molar refractivity (Wildman–Crippen MR) is 51.6 cm³/mol. The fraction of sp³-hybridized carbons (Fsp3) is 0.111. The molecule has 1 aromatic carbocycles. The lowest BCUT2D eigenvalue weighted by molar-refractivity contribution is 0.453. The van der Waals surface area contributed by atoms with Crippen molar-refractivity contribution in [2.45, 2.75) is 11.8 Å². The highest BCUT2D eigenvalue weighted by Crippen LogP contribution is 2.30. The summed E-state index contributed by atoms with van der Waals surface area (Å²) in [6, 6.07) is 2.03. The molecule has 0 aliphatic carbocycles. The molecule has 0 unspecified atom stereocenters. The number of nitriles is 2. The van der Waals surface area contributed by atoms with Gasteiger partial charge in [0.2, 0.25) is 0 Å². The minimum atomic E-state index is -4.74. The van der Waals surface area contributed by atoms with E-state index in [1.165, 1.54) is 19.4 Å². The normalized spacial score (nSPS) is 10.1. The number of ether oxygens (including phenoxy) is 2. The van der Waals surface area contributed by atoms with Gasteiger partial charge in [0.05, 0.1) is 4.90 Å². The van der Waals surface area contributed by atoms with Gasteiger partial charge in [-0.2, -0.15) is 0 Å². The van der Waals surface area contributed by atoms with Gasteiger partial charge < -0.3 is 14.0 Å². The van der Waals surface area contributed by atoms with Crippen molar-refractivity contribution in [1.29, 1.82) is 10.5 Å². The van der Waals surface area contributed by atoms with Crippen LogP contribution in [0.1, 0.15) is 5.56 Å². The lowest BCUT2D eigenvalue weighted by Gasteiger charge is -2.13. The second kappa shape index (κ2) is 4.70. The second-order valence-corrected chi connectivity index (χ2v) is 4.23. The first-order chi connectivity index (χ1) is 7.90. The van der Waals surface area contributed by atoms with Gasteiger partial charge in [-0.15, -0.1) is 10.5 Å². The molecule has 0 heterocycles. The van der Waals surface area contributed by atoms with Gasteiger partial charge in [0, 0.05) is 11.6 Å². The van der Waals surface area contributed by atoms with Gasteiger partial charge in [-0.3, -0.25) is 0 Å². The standard InChI is InChI=1S/C9H6N2O5S/c1-6-8(16-5-11)2-7(15-4-10)3-9(6)17(12,13)14/h2-3H,1H3,(H,12,13,14)/p-1. The Balaban J connectivity index is 3.51. The Hall–Kier alpha value is -2.29. The molecule has 8 heteroatoms. The van der Waals surface area contributed by atoms with Crippen LogP contribution >= 0.6 is 0 Å². The molecule has 0 aliphatic rings. The Bertz CT molecular complexity index is 624. The summed E-state index contributed by atoms with van der Waals surface area (Å²) in [6.45, 7) is 1.30. The molecule has 17 heavy (non-hydrogen) atoms. The smallest absolute Gasteiger partial charge is 0.292 e. The lowest BCUT2D eigenvalue weighted by Crippen LogP contribution is -2.03. The minimum absolute atomic E-state index is 0.0214. The van der Waals surface area contributed by atoms with E-state index >= 15 is 0 Å². The van der Waals surface area contributed by atoms with Gasteiger partial charge in [0.1, 0.15) is 21.6 Å². The molecule has 0 saturated heterocycles. The molecule has 88 valence electrons. The molecule has 0 atom stereocenters. The van der Waals surface area contributed by atoms with E-state index in [0.717, 1.165) is 12.1 Å². The number of benzene rings is 1. The van der Waals surface area contributed by atoms with Crippen molar-refractivity contribution in [2.24, 2.45) is 0 Å². The topological polar surface area (TPSA) is 123 Å². The number of hydrogen-bond donors (Lipinski definition) is 0. The first-order valence-corrected chi connectivity index (χ1v) is 5.53. The Kier molecular flexibility index (Phi) is 3.53. The zero-order chi connectivity index (χ0) is 13.1. The van der Waals surface area contributed by atoms with Crippen molar-refractivity contribution in [2.75, 3.05) is 0 Å². The highest BCUT2D eigenvalue weighted by Gasteiger charge is 2.14. The van der Waals surface area contributed by atoms with Crippen LogP contribution < -0.4 is 9.47 Å². The van der Waals surface area contributed by atoms with Crippen LogP contribution in [0.15, 0.2) is 17.0 Å². The molecule has 0 aliphatic heterocycles. The molecule has 0 spiro atoms. The van der Waals surface area contributed by atoms with Crippen molar-refractivity contribution >= 4 is 10.1 Å². The molecule has 1 aromatic rings. The average Bonchev–Trinajstić information content (AvgIpc) is 2.21. The summed E-state index contributed by atoms with van der Waals surface area (Å²) in [4.78, 5) is -0.601. The van der Waals surface area contributed by atoms with Crippen molar-refractivity contribution < 1.29 is 22.4 Å². The van der Waals surface area contributed by atoms with Crippen molar-refractivity contribution in [3.05, 3.63) is 17.7 Å². The first-order valence-electron chi connectivity index (χ1n) is 4.12. The van der Waals surface area contributed by atoms with Crippen LogP contribution in [0, 0.1) is 30.0 Å². The quantitative estimate of drug-likeness (QED) is 0.571. The van der Waals surface area contributed by atoms with Crippen LogP contribution in [0.5, 0.6) is 11.5 Å². The number of nitrogens with zero attached hydrogens (tertiary/aromatic N) is 2. The Labute approximate surface area is 97.2 Å². The van der Waals surface area contributed by atoms with E-state index in [1.54, 1.807) is 0 Å². The highest BCUT2D eigenvalue weighted by molar-refractivity contribution is 7.85. The van der Waals surface area contributed by atoms with Crippen molar-refractivity contribution in [3.63, 3.8) is 0 Å². The van der Waals surface area contributed by atoms with E-state index in [4.69, 9.17) is 10.5 Å². The molecule has 0 fully saturated rings. The third-order valence-corrected chi connectivity index (χ3v) is 2.84. The van der Waals surface area contributed by atoms with E-state index in [2.05, 4.69) is 9.47 Å². The Morgan fingerprint density at radius 3 is 2.29 bits per heavy atom. The van der Waals surface area contributed by atoms with Gasteiger partial charge in [-0.05, 0) is 13.0 Å². The third kappa shape index (κ3) is 2.84. The number of rotatable bonds is 3. The molecule has 0 aromatic heterocycles. The Morgan fingerprint density at radius 2 is 1.82 bits per heavy atom. The molecule has 7 nitrogen and oxygen atoms in total. The summed E-state index contributed by atoms with van der Waals surface area (Å²) in [5, 5.41) is 16.7. The fourth-order valence-electron chi connectivity index (χ4n) is 1.16. The molecule has 0 saturated carbocycles. The number of hydrogen-bond acceptors (Lipinski definition) is 7. The van der Waals surface area contributed by atoms with Gasteiger partial charge in [-0.1, -0.05) is 0 Å². The van der Waals surface area contributed by atoms with Crippen LogP contribution in [-0.2, 0) is 10.1 Å². The average molecular weight is 253 g/mol. The highest BCUT2D eigenvalue weighted by atomic mass is 32.2. The second-order valence-electron chi connectivity index (χ2n) is 2.89. The zero-order valence-electron chi connectivity index (χ0n) is 8.50. The van der Waals surface area contributed by atoms with Crippen molar-refractivity contribution in [1.82, 2.24) is 0 Å². The van der Waals surface area contributed by atoms with Crippen LogP contribution in [0.3, 0.4) is 0 Å². The molecule has 0 bridgehead atoms. The molecular weight excluding hydrogens is 248 g/mol. The van der Waals surface area contributed by atoms with Gasteiger partial charge >= 0.3 is 0 Å². The molecule has 0 amide bonds. The summed E-state index contributed by atoms with van der Waals surface area (Å²) < 4.78 is 41.7. The first kappa shape index (κ1) is 12.8. The van der Waals surface area contributed by atoms with E-state index in [-0.39, 0.29) is 17.1 Å². The maximum absolute atomic E-state index is 10.9. The SMILES string of the molecule is Cc1c(OC#N)cc(OC#N)cc1S(=O)(=O)[O-]. The maximum atomic E-state index is 10.9. The summed E-state index contributed by atoms with van der Waals surface area (Å²) >= 11 is 0. The largest absolute Gasteiger partial charge is 0.744 e. The predicted octanol–water partition coefficient (Wildman–Crippen LogP) is 0.619. The summed E-state index contributed by atoms with van der Waals surface area (Å²) in [5.74, 6) is -0.354. The minimum Gasteiger partial charge on any atom is -0.744 e. The van der Waals surface area contributed by atoms with E-state index in [0.29, 0.717) is 0 Å². The summed E-state index contributed by atoms with van der Waals surface area (Å²) in [7, 11) is -4.74. The Morgan fingerprint density at radius 1 is 1.24 bits per heavy atom. The van der Waals surface area contributed by atoms with E-state index < -0.39 is 15.0 Å². The van der Waals surface area contributed by atoms with E-state index in [1.807, 2.05) is 0 Å². The van der Waals surface area contributed by atoms with Crippen LogP contribution in [0.25, 0.3) is 0 Å².